The highest BCUT2D eigenvalue weighted by Crippen LogP contribution is 2.32. The second-order valence-corrected chi connectivity index (χ2v) is 7.49. The first-order valence-corrected chi connectivity index (χ1v) is 9.58. The molecule has 0 unspecified atom stereocenters. The van der Waals surface area contributed by atoms with E-state index in [4.69, 9.17) is 4.98 Å². The lowest BCUT2D eigenvalue weighted by Crippen LogP contribution is -2.30. The molecule has 2 aromatic heterocycles. The summed E-state index contributed by atoms with van der Waals surface area (Å²) in [6, 6.07) is 19.2. The van der Waals surface area contributed by atoms with E-state index in [1.165, 1.54) is 22.5 Å². The van der Waals surface area contributed by atoms with Crippen LogP contribution in [-0.4, -0.2) is 15.9 Å². The number of hydrogen-bond donors (Lipinski definition) is 0. The minimum Gasteiger partial charge on any atom is -0.278 e. The van der Waals surface area contributed by atoms with E-state index < -0.39 is 0 Å². The van der Waals surface area contributed by atoms with Gasteiger partial charge in [-0.3, -0.25) is 14.7 Å². The van der Waals surface area contributed by atoms with E-state index in [1.54, 1.807) is 11.1 Å². The number of thiazole rings is 1. The maximum atomic E-state index is 13.2. The zero-order chi connectivity index (χ0) is 18.8. The monoisotopic (exact) mass is 373 g/mol. The van der Waals surface area contributed by atoms with Crippen molar-refractivity contribution in [3.05, 3.63) is 89.2 Å². The largest absolute Gasteiger partial charge is 0.278 e. The molecule has 4 aromatic rings. The van der Waals surface area contributed by atoms with E-state index in [0.717, 1.165) is 15.9 Å². The van der Waals surface area contributed by atoms with Crippen molar-refractivity contribution in [3.8, 4) is 0 Å². The number of benzene rings is 2. The van der Waals surface area contributed by atoms with Gasteiger partial charge in [-0.25, -0.2) is 4.98 Å². The Bertz CT molecular complexity index is 1050. The molecule has 0 radical (unpaired) electrons. The van der Waals surface area contributed by atoms with Gasteiger partial charge in [0.2, 0.25) is 0 Å². The number of nitrogens with zero attached hydrogens (tertiary/aromatic N) is 3. The average Bonchev–Trinajstić information content (AvgIpc) is 3.10. The van der Waals surface area contributed by atoms with Crippen LogP contribution < -0.4 is 4.90 Å². The minimum absolute atomic E-state index is 0.0752. The van der Waals surface area contributed by atoms with Gasteiger partial charge in [-0.2, -0.15) is 0 Å². The Morgan fingerprint density at radius 1 is 1.00 bits per heavy atom. The Hall–Kier alpha value is -3.05. The highest BCUT2D eigenvalue weighted by atomic mass is 32.1. The third kappa shape index (κ3) is 3.59. The molecule has 0 bridgehead atoms. The Morgan fingerprint density at radius 3 is 2.48 bits per heavy atom. The number of anilines is 1. The molecule has 0 aliphatic rings. The molecule has 0 saturated heterocycles. The van der Waals surface area contributed by atoms with Crippen molar-refractivity contribution < 1.29 is 4.79 Å². The summed E-state index contributed by atoms with van der Waals surface area (Å²) in [7, 11) is 0. The third-order valence-electron chi connectivity index (χ3n) is 4.54. The molecule has 0 N–H and O–H groups in total. The van der Waals surface area contributed by atoms with E-state index in [2.05, 4.69) is 31.0 Å². The summed E-state index contributed by atoms with van der Waals surface area (Å²) >= 11 is 1.54. The molecule has 2 aromatic carbocycles. The lowest BCUT2D eigenvalue weighted by atomic mass is 10.1. The Morgan fingerprint density at radius 2 is 1.74 bits per heavy atom. The number of rotatable bonds is 4. The molecule has 4 nitrogen and oxygen atoms in total. The molecule has 5 heteroatoms. The molecular weight excluding hydrogens is 354 g/mol. The lowest BCUT2D eigenvalue weighted by Gasteiger charge is -2.19. The van der Waals surface area contributed by atoms with E-state index in [-0.39, 0.29) is 5.91 Å². The SMILES string of the molecule is Cc1cc2nc(N(Cc3ccccn3)C(=O)c3ccccc3)sc2cc1C. The minimum atomic E-state index is -0.0752. The number of carbonyl (C=O) groups is 1. The van der Waals surface area contributed by atoms with Gasteiger partial charge in [0.15, 0.2) is 5.13 Å². The normalized spacial score (nSPS) is 10.9. The highest BCUT2D eigenvalue weighted by molar-refractivity contribution is 7.22. The fourth-order valence-electron chi connectivity index (χ4n) is 2.90. The molecular formula is C22H19N3OS. The highest BCUT2D eigenvalue weighted by Gasteiger charge is 2.22. The fraction of sp³-hybridized carbons (Fsp3) is 0.136. The van der Waals surface area contributed by atoms with Crippen LogP contribution >= 0.6 is 11.3 Å². The first-order chi connectivity index (χ1) is 13.1. The second-order valence-electron chi connectivity index (χ2n) is 6.48. The summed E-state index contributed by atoms with van der Waals surface area (Å²) in [5, 5.41) is 0.689. The number of pyridine rings is 1. The van der Waals surface area contributed by atoms with Crippen molar-refractivity contribution in [1.82, 2.24) is 9.97 Å². The Labute approximate surface area is 162 Å². The number of amides is 1. The summed E-state index contributed by atoms with van der Waals surface area (Å²) in [4.78, 5) is 24.1. The van der Waals surface area contributed by atoms with Crippen molar-refractivity contribution in [2.75, 3.05) is 4.90 Å². The lowest BCUT2D eigenvalue weighted by molar-refractivity contribution is 0.0985. The molecule has 134 valence electrons. The van der Waals surface area contributed by atoms with Gasteiger partial charge in [0, 0.05) is 11.8 Å². The molecule has 0 saturated carbocycles. The summed E-state index contributed by atoms with van der Waals surface area (Å²) in [6.07, 6.45) is 1.74. The summed E-state index contributed by atoms with van der Waals surface area (Å²) in [5.74, 6) is -0.0752. The van der Waals surface area contributed by atoms with Crippen molar-refractivity contribution in [2.45, 2.75) is 20.4 Å². The van der Waals surface area contributed by atoms with Crippen LogP contribution in [0.25, 0.3) is 10.2 Å². The summed E-state index contributed by atoms with van der Waals surface area (Å²) in [5.41, 5.74) is 4.81. The summed E-state index contributed by atoms with van der Waals surface area (Å²) in [6.45, 7) is 4.55. The van der Waals surface area contributed by atoms with Crippen molar-refractivity contribution in [1.29, 1.82) is 0 Å². The van der Waals surface area contributed by atoms with Crippen molar-refractivity contribution in [2.24, 2.45) is 0 Å². The van der Waals surface area contributed by atoms with E-state index >= 15 is 0 Å². The maximum Gasteiger partial charge on any atom is 0.260 e. The fourth-order valence-corrected chi connectivity index (χ4v) is 3.94. The van der Waals surface area contributed by atoms with Crippen LogP contribution in [0.3, 0.4) is 0 Å². The smallest absolute Gasteiger partial charge is 0.260 e. The average molecular weight is 373 g/mol. The van der Waals surface area contributed by atoms with Gasteiger partial charge < -0.3 is 0 Å². The zero-order valence-corrected chi connectivity index (χ0v) is 16.0. The van der Waals surface area contributed by atoms with Gasteiger partial charge in [0.25, 0.3) is 5.91 Å². The predicted molar refractivity (Wildman–Crippen MR) is 110 cm³/mol. The number of fused-ring (bicyclic) bond motifs is 1. The van der Waals surface area contributed by atoms with Gasteiger partial charge >= 0.3 is 0 Å². The van der Waals surface area contributed by atoms with E-state index in [1.807, 2.05) is 48.5 Å². The first-order valence-electron chi connectivity index (χ1n) is 8.76. The number of hydrogen-bond acceptors (Lipinski definition) is 4. The maximum absolute atomic E-state index is 13.2. The van der Waals surface area contributed by atoms with Gasteiger partial charge in [-0.1, -0.05) is 35.6 Å². The van der Waals surface area contributed by atoms with Gasteiger partial charge in [0.05, 0.1) is 22.5 Å². The number of aromatic nitrogens is 2. The molecule has 2 heterocycles. The topological polar surface area (TPSA) is 46.1 Å². The third-order valence-corrected chi connectivity index (χ3v) is 5.58. The van der Waals surface area contributed by atoms with Crippen molar-refractivity contribution >= 4 is 32.6 Å². The van der Waals surface area contributed by atoms with Crippen LogP contribution in [0.4, 0.5) is 5.13 Å². The van der Waals surface area contributed by atoms with Crippen LogP contribution in [0.1, 0.15) is 27.2 Å². The molecule has 1 amide bonds. The first kappa shape index (κ1) is 17.4. The molecule has 4 rings (SSSR count). The molecule has 0 atom stereocenters. The van der Waals surface area contributed by atoms with Crippen LogP contribution in [0.2, 0.25) is 0 Å². The second kappa shape index (κ2) is 7.29. The predicted octanol–water partition coefficient (Wildman–Crippen LogP) is 5.16. The Balaban J connectivity index is 1.78. The molecule has 27 heavy (non-hydrogen) atoms. The van der Waals surface area contributed by atoms with Crippen molar-refractivity contribution in [3.63, 3.8) is 0 Å². The van der Waals surface area contributed by atoms with Gasteiger partial charge in [-0.05, 0) is 61.4 Å². The standard InChI is InChI=1S/C22H19N3OS/c1-15-12-19-20(13-16(15)2)27-22(24-19)25(14-18-10-6-7-11-23-18)21(26)17-8-4-3-5-9-17/h3-13H,14H2,1-2H3. The van der Waals surface area contributed by atoms with Crippen LogP contribution in [0.5, 0.6) is 0 Å². The Kier molecular flexibility index (Phi) is 4.69. The van der Waals surface area contributed by atoms with Crippen LogP contribution in [-0.2, 0) is 6.54 Å². The van der Waals surface area contributed by atoms with E-state index in [0.29, 0.717) is 17.2 Å². The van der Waals surface area contributed by atoms with Crippen LogP contribution in [0.15, 0.2) is 66.9 Å². The number of aryl methyl sites for hydroxylation is 2. The molecule has 0 aliphatic heterocycles. The number of carbonyl (C=O) groups excluding carboxylic acids is 1. The molecule has 0 spiro atoms. The quantitative estimate of drug-likeness (QED) is 0.497. The van der Waals surface area contributed by atoms with Crippen LogP contribution in [0, 0.1) is 13.8 Å². The molecule has 0 aliphatic carbocycles. The summed E-state index contributed by atoms with van der Waals surface area (Å²) < 4.78 is 1.08. The van der Waals surface area contributed by atoms with Gasteiger partial charge in [-0.15, -0.1) is 0 Å². The zero-order valence-electron chi connectivity index (χ0n) is 15.2. The molecule has 0 fully saturated rings. The van der Waals surface area contributed by atoms with E-state index in [9.17, 15) is 4.79 Å². The van der Waals surface area contributed by atoms with Gasteiger partial charge in [0.1, 0.15) is 0 Å².